The highest BCUT2D eigenvalue weighted by Crippen LogP contribution is 2.27. The van der Waals surface area contributed by atoms with E-state index in [2.05, 4.69) is 11.8 Å². The van der Waals surface area contributed by atoms with Crippen LogP contribution in [-0.4, -0.2) is 48.4 Å². The van der Waals surface area contributed by atoms with Gasteiger partial charge in [0.15, 0.2) is 0 Å². The Morgan fingerprint density at radius 3 is 2.13 bits per heavy atom. The van der Waals surface area contributed by atoms with E-state index in [0.717, 1.165) is 44.5 Å². The van der Waals surface area contributed by atoms with Gasteiger partial charge in [0.25, 0.3) is 0 Å². The molecule has 1 saturated carbocycles. The summed E-state index contributed by atoms with van der Waals surface area (Å²) in [7, 11) is 0. The average molecular weight is 210 g/mol. The summed E-state index contributed by atoms with van der Waals surface area (Å²) in [5, 5.41) is 0. The van der Waals surface area contributed by atoms with Crippen LogP contribution < -0.4 is 0 Å². The van der Waals surface area contributed by atoms with Gasteiger partial charge in [-0.1, -0.05) is 6.92 Å². The van der Waals surface area contributed by atoms with Crippen LogP contribution in [0.4, 0.5) is 0 Å². The molecule has 0 spiro atoms. The first-order chi connectivity index (χ1) is 7.29. The van der Waals surface area contributed by atoms with Crippen LogP contribution in [0.3, 0.4) is 0 Å². The second-order valence-corrected chi connectivity index (χ2v) is 5.09. The molecule has 86 valence electrons. The van der Waals surface area contributed by atoms with Crippen molar-refractivity contribution in [1.29, 1.82) is 0 Å². The zero-order valence-corrected chi connectivity index (χ0v) is 9.69. The predicted molar refractivity (Wildman–Crippen MR) is 60.6 cm³/mol. The Bertz CT molecular complexity index is 204. The maximum absolute atomic E-state index is 10.6. The standard InChI is InChI=1S/C12H22N2O/c1-11-2-4-12(5-3-11)14-8-6-13(10-15)7-9-14/h10-12H,2-9H2,1H3. The van der Waals surface area contributed by atoms with Gasteiger partial charge < -0.3 is 4.90 Å². The maximum Gasteiger partial charge on any atom is 0.209 e. The van der Waals surface area contributed by atoms with Crippen LogP contribution in [-0.2, 0) is 4.79 Å². The Kier molecular flexibility index (Phi) is 3.62. The Labute approximate surface area is 92.4 Å². The van der Waals surface area contributed by atoms with Crippen LogP contribution in [0.15, 0.2) is 0 Å². The molecule has 2 rings (SSSR count). The highest BCUT2D eigenvalue weighted by molar-refractivity contribution is 5.47. The van der Waals surface area contributed by atoms with Crippen molar-refractivity contribution in [3.63, 3.8) is 0 Å². The fourth-order valence-corrected chi connectivity index (χ4v) is 2.82. The maximum atomic E-state index is 10.6. The van der Waals surface area contributed by atoms with Crippen molar-refractivity contribution in [3.8, 4) is 0 Å². The lowest BCUT2D eigenvalue weighted by atomic mass is 9.86. The van der Waals surface area contributed by atoms with Crippen molar-refractivity contribution >= 4 is 6.41 Å². The fourth-order valence-electron chi connectivity index (χ4n) is 2.82. The number of piperazine rings is 1. The molecule has 0 unspecified atom stereocenters. The van der Waals surface area contributed by atoms with Gasteiger partial charge >= 0.3 is 0 Å². The first-order valence-corrected chi connectivity index (χ1v) is 6.23. The molecule has 1 saturated heterocycles. The van der Waals surface area contributed by atoms with E-state index in [0.29, 0.717) is 0 Å². The van der Waals surface area contributed by atoms with Gasteiger partial charge in [-0.05, 0) is 31.6 Å². The lowest BCUT2D eigenvalue weighted by molar-refractivity contribution is -0.120. The Balaban J connectivity index is 1.78. The summed E-state index contributed by atoms with van der Waals surface area (Å²) in [6, 6.07) is 0.801. The molecule has 1 amide bonds. The number of carbonyl (C=O) groups is 1. The van der Waals surface area contributed by atoms with Crippen LogP contribution >= 0.6 is 0 Å². The lowest BCUT2D eigenvalue weighted by Gasteiger charge is -2.40. The Hall–Kier alpha value is -0.570. The predicted octanol–water partition coefficient (Wildman–Crippen LogP) is 1.34. The second-order valence-electron chi connectivity index (χ2n) is 5.09. The molecule has 2 aliphatic rings. The quantitative estimate of drug-likeness (QED) is 0.642. The molecule has 2 fully saturated rings. The third-order valence-corrected chi connectivity index (χ3v) is 4.00. The summed E-state index contributed by atoms with van der Waals surface area (Å²) < 4.78 is 0. The minimum atomic E-state index is 0.801. The van der Waals surface area contributed by atoms with Gasteiger partial charge in [0.1, 0.15) is 0 Å². The number of hydrogen-bond donors (Lipinski definition) is 0. The molecule has 1 heterocycles. The van der Waals surface area contributed by atoms with Crippen LogP contribution in [0.2, 0.25) is 0 Å². The van der Waals surface area contributed by atoms with Crippen LogP contribution in [0.5, 0.6) is 0 Å². The van der Waals surface area contributed by atoms with Crippen molar-refractivity contribution in [2.45, 2.75) is 38.6 Å². The smallest absolute Gasteiger partial charge is 0.209 e. The van der Waals surface area contributed by atoms with E-state index < -0.39 is 0 Å². The zero-order valence-electron chi connectivity index (χ0n) is 9.69. The van der Waals surface area contributed by atoms with Gasteiger partial charge in [-0.15, -0.1) is 0 Å². The average Bonchev–Trinajstić information content (AvgIpc) is 2.30. The topological polar surface area (TPSA) is 23.6 Å². The van der Waals surface area contributed by atoms with E-state index in [4.69, 9.17) is 0 Å². The molecule has 15 heavy (non-hydrogen) atoms. The van der Waals surface area contributed by atoms with Crippen LogP contribution in [0.1, 0.15) is 32.6 Å². The normalized spacial score (nSPS) is 34.1. The van der Waals surface area contributed by atoms with Crippen LogP contribution in [0, 0.1) is 5.92 Å². The van der Waals surface area contributed by atoms with E-state index in [1.54, 1.807) is 0 Å². The van der Waals surface area contributed by atoms with E-state index in [9.17, 15) is 4.79 Å². The summed E-state index contributed by atoms with van der Waals surface area (Å²) in [5.41, 5.74) is 0. The second kappa shape index (κ2) is 4.97. The number of carbonyl (C=O) groups excluding carboxylic acids is 1. The van der Waals surface area contributed by atoms with Crippen molar-refractivity contribution in [2.24, 2.45) is 5.92 Å². The monoisotopic (exact) mass is 210 g/mol. The fraction of sp³-hybridized carbons (Fsp3) is 0.917. The van der Waals surface area contributed by atoms with Gasteiger partial charge in [0.05, 0.1) is 0 Å². The summed E-state index contributed by atoms with van der Waals surface area (Å²) in [6.07, 6.45) is 6.49. The van der Waals surface area contributed by atoms with Gasteiger partial charge in [-0.25, -0.2) is 0 Å². The Morgan fingerprint density at radius 1 is 1.00 bits per heavy atom. The number of nitrogens with zero attached hydrogens (tertiary/aromatic N) is 2. The van der Waals surface area contributed by atoms with Crippen molar-refractivity contribution in [1.82, 2.24) is 9.80 Å². The number of rotatable bonds is 2. The summed E-state index contributed by atoms with van der Waals surface area (Å²) in [6.45, 7) is 6.38. The molecule has 0 bridgehead atoms. The molecular weight excluding hydrogens is 188 g/mol. The molecule has 0 N–H and O–H groups in total. The van der Waals surface area contributed by atoms with Gasteiger partial charge in [0.2, 0.25) is 6.41 Å². The lowest BCUT2D eigenvalue weighted by Crippen LogP contribution is -2.50. The molecule has 0 aromatic heterocycles. The minimum absolute atomic E-state index is 0.801. The molecule has 0 radical (unpaired) electrons. The third-order valence-electron chi connectivity index (χ3n) is 4.00. The van der Waals surface area contributed by atoms with E-state index >= 15 is 0 Å². The van der Waals surface area contributed by atoms with Crippen molar-refractivity contribution in [3.05, 3.63) is 0 Å². The Morgan fingerprint density at radius 2 is 1.60 bits per heavy atom. The van der Waals surface area contributed by atoms with Crippen LogP contribution in [0.25, 0.3) is 0 Å². The molecule has 0 aromatic carbocycles. The van der Waals surface area contributed by atoms with Crippen molar-refractivity contribution < 1.29 is 4.79 Å². The highest BCUT2D eigenvalue weighted by atomic mass is 16.1. The van der Waals surface area contributed by atoms with Gasteiger partial charge in [0, 0.05) is 32.2 Å². The molecule has 3 nitrogen and oxygen atoms in total. The van der Waals surface area contributed by atoms with E-state index in [1.165, 1.54) is 25.7 Å². The largest absolute Gasteiger partial charge is 0.343 e. The minimum Gasteiger partial charge on any atom is -0.343 e. The van der Waals surface area contributed by atoms with E-state index in [-0.39, 0.29) is 0 Å². The molecular formula is C12H22N2O. The summed E-state index contributed by atoms with van der Waals surface area (Å²) in [5.74, 6) is 0.928. The number of amides is 1. The highest BCUT2D eigenvalue weighted by Gasteiger charge is 2.26. The van der Waals surface area contributed by atoms with Gasteiger partial charge in [-0.2, -0.15) is 0 Å². The summed E-state index contributed by atoms with van der Waals surface area (Å²) in [4.78, 5) is 15.1. The van der Waals surface area contributed by atoms with Gasteiger partial charge in [-0.3, -0.25) is 9.69 Å². The molecule has 3 heteroatoms. The molecule has 1 aliphatic carbocycles. The first kappa shape index (κ1) is 10.9. The first-order valence-electron chi connectivity index (χ1n) is 6.23. The molecule has 0 atom stereocenters. The molecule has 0 aromatic rings. The SMILES string of the molecule is CC1CCC(N2CCN(C=O)CC2)CC1. The number of hydrogen-bond acceptors (Lipinski definition) is 2. The summed E-state index contributed by atoms with van der Waals surface area (Å²) >= 11 is 0. The zero-order chi connectivity index (χ0) is 10.7. The van der Waals surface area contributed by atoms with Crippen molar-refractivity contribution in [2.75, 3.05) is 26.2 Å². The van der Waals surface area contributed by atoms with E-state index in [1.807, 2.05) is 4.90 Å². The molecule has 1 aliphatic heterocycles. The third kappa shape index (κ3) is 2.71.